The second-order valence-electron chi connectivity index (χ2n) is 8.37. The van der Waals surface area contributed by atoms with Gasteiger partial charge in [0, 0.05) is 19.7 Å². The van der Waals surface area contributed by atoms with Crippen LogP contribution in [-0.4, -0.2) is 52.1 Å². The summed E-state index contributed by atoms with van der Waals surface area (Å²) in [5, 5.41) is 19.6. The molecule has 2 N–H and O–H groups in total. The van der Waals surface area contributed by atoms with Crippen LogP contribution in [0.2, 0.25) is 0 Å². The Morgan fingerprint density at radius 1 is 0.575 bits per heavy atom. The zero-order valence-corrected chi connectivity index (χ0v) is 25.1. The number of carbonyl (C=O) groups is 2. The molecule has 0 aliphatic rings. The average molecular weight is 712 g/mol. The molecule has 40 heavy (non-hydrogen) atoms. The highest BCUT2D eigenvalue weighted by Gasteiger charge is 2.32. The third-order valence-corrected chi connectivity index (χ3v) is 10.4. The third kappa shape index (κ3) is 5.99. The number of carboxylic acids is 2. The van der Waals surface area contributed by atoms with Crippen LogP contribution in [0.4, 0.5) is 11.4 Å². The van der Waals surface area contributed by atoms with E-state index in [0.717, 1.165) is 8.61 Å². The topological polar surface area (TPSA) is 149 Å². The van der Waals surface area contributed by atoms with Crippen LogP contribution in [0.25, 0.3) is 10.8 Å². The average Bonchev–Trinajstić information content (AvgIpc) is 2.90. The van der Waals surface area contributed by atoms with Gasteiger partial charge in [0.15, 0.2) is 0 Å². The normalized spacial score (nSPS) is 11.8. The lowest BCUT2D eigenvalue weighted by Crippen LogP contribution is -2.37. The van der Waals surface area contributed by atoms with Crippen LogP contribution < -0.4 is 8.61 Å². The Morgan fingerprint density at radius 2 is 0.900 bits per heavy atom. The molecule has 4 aromatic rings. The van der Waals surface area contributed by atoms with Crippen molar-refractivity contribution in [2.75, 3.05) is 21.7 Å². The Labute approximate surface area is 246 Å². The largest absolute Gasteiger partial charge is 0.480 e. The van der Waals surface area contributed by atoms with Gasteiger partial charge in [0.1, 0.15) is 13.1 Å². The first-order valence-corrected chi connectivity index (χ1v) is 15.8. The highest BCUT2D eigenvalue weighted by Crippen LogP contribution is 2.38. The lowest BCUT2D eigenvalue weighted by Gasteiger charge is -2.28. The van der Waals surface area contributed by atoms with Gasteiger partial charge < -0.3 is 10.2 Å². The highest BCUT2D eigenvalue weighted by molar-refractivity contribution is 9.10. The molecule has 0 unspecified atom stereocenters. The lowest BCUT2D eigenvalue weighted by atomic mass is 10.1. The van der Waals surface area contributed by atoms with Gasteiger partial charge >= 0.3 is 11.9 Å². The number of nitrogens with zero attached hydrogens (tertiary/aromatic N) is 2. The summed E-state index contributed by atoms with van der Waals surface area (Å²) in [7, 11) is -8.77. The Morgan fingerprint density at radius 3 is 1.20 bits per heavy atom. The Hall–Kier alpha value is -3.46. The summed E-state index contributed by atoms with van der Waals surface area (Å²) < 4.78 is 57.2. The van der Waals surface area contributed by atoms with Crippen LogP contribution in [0.5, 0.6) is 0 Å². The molecule has 10 nitrogen and oxygen atoms in total. The van der Waals surface area contributed by atoms with Gasteiger partial charge in [-0.15, -0.1) is 0 Å². The van der Waals surface area contributed by atoms with E-state index in [9.17, 15) is 36.6 Å². The summed E-state index contributed by atoms with van der Waals surface area (Å²) in [5.41, 5.74) is -0.0537. The molecule has 0 saturated carbocycles. The minimum absolute atomic E-state index is 0.0269. The van der Waals surface area contributed by atoms with Crippen LogP contribution >= 0.6 is 31.9 Å². The maximum atomic E-state index is 13.6. The smallest absolute Gasteiger partial charge is 0.324 e. The van der Waals surface area contributed by atoms with E-state index in [4.69, 9.17) is 0 Å². The molecule has 14 heteroatoms. The maximum Gasteiger partial charge on any atom is 0.324 e. The van der Waals surface area contributed by atoms with Crippen molar-refractivity contribution in [3.63, 3.8) is 0 Å². The number of hydrogen-bond donors (Lipinski definition) is 2. The number of benzene rings is 4. The minimum Gasteiger partial charge on any atom is -0.480 e. The maximum absolute atomic E-state index is 13.6. The van der Waals surface area contributed by atoms with Crippen LogP contribution in [0.1, 0.15) is 0 Å². The standard InChI is InChI=1S/C26H20Br2N2O8S2/c27-17-5-9-19(10-6-17)39(35,36)29(15-25(31)32)23-13-14-24(22-4-2-1-3-21(22)23)30(16-26(33)34)40(37,38)20-11-7-18(28)8-12-20/h1-14H,15-16H2,(H,31,32)(H,33,34). The molecular weight excluding hydrogens is 692 g/mol. The summed E-state index contributed by atoms with van der Waals surface area (Å²) in [4.78, 5) is 23.3. The molecule has 0 spiro atoms. The van der Waals surface area contributed by atoms with Crippen molar-refractivity contribution in [1.82, 2.24) is 0 Å². The number of carboxylic acid groups (broad SMARTS) is 2. The molecule has 4 rings (SSSR count). The zero-order chi connectivity index (χ0) is 29.2. The fraction of sp³-hybridized carbons (Fsp3) is 0.0769. The second kappa shape index (κ2) is 11.6. The molecule has 4 aromatic carbocycles. The molecular formula is C26H20Br2N2O8S2. The van der Waals surface area contributed by atoms with Gasteiger partial charge in [-0.25, -0.2) is 16.8 Å². The molecule has 0 aromatic heterocycles. The molecule has 0 aliphatic heterocycles. The molecule has 0 fully saturated rings. The van der Waals surface area contributed by atoms with E-state index in [1.807, 2.05) is 0 Å². The van der Waals surface area contributed by atoms with E-state index in [1.165, 1.54) is 72.8 Å². The Kier molecular flexibility index (Phi) is 8.54. The van der Waals surface area contributed by atoms with Gasteiger partial charge in [-0.2, -0.15) is 0 Å². The summed E-state index contributed by atoms with van der Waals surface area (Å²) in [6.07, 6.45) is 0. The van der Waals surface area contributed by atoms with Crippen molar-refractivity contribution in [3.8, 4) is 0 Å². The number of hydrogen-bond acceptors (Lipinski definition) is 6. The minimum atomic E-state index is -4.38. The van der Waals surface area contributed by atoms with E-state index >= 15 is 0 Å². The molecule has 0 amide bonds. The number of aliphatic carboxylic acids is 2. The van der Waals surface area contributed by atoms with E-state index < -0.39 is 45.1 Å². The summed E-state index contributed by atoms with van der Waals surface area (Å²) >= 11 is 6.48. The Bertz CT molecular complexity index is 1680. The van der Waals surface area contributed by atoms with E-state index in [1.54, 1.807) is 12.1 Å². The SMILES string of the molecule is O=C(O)CN(c1ccc(N(CC(=O)O)S(=O)(=O)c2ccc(Br)cc2)c2ccccc12)S(=O)(=O)c1ccc(Br)cc1. The molecule has 0 heterocycles. The summed E-state index contributed by atoms with van der Waals surface area (Å²) in [5.74, 6) is -2.83. The first kappa shape index (κ1) is 29.5. The van der Waals surface area contributed by atoms with Crippen molar-refractivity contribution in [3.05, 3.63) is 93.9 Å². The fourth-order valence-electron chi connectivity index (χ4n) is 4.01. The first-order valence-electron chi connectivity index (χ1n) is 11.3. The van der Waals surface area contributed by atoms with Gasteiger partial charge in [-0.05, 0) is 60.7 Å². The van der Waals surface area contributed by atoms with Crippen molar-refractivity contribution in [2.45, 2.75) is 9.79 Å². The van der Waals surface area contributed by atoms with Crippen molar-refractivity contribution < 1.29 is 36.6 Å². The number of rotatable bonds is 10. The summed E-state index contributed by atoms with van der Waals surface area (Å²) in [6.45, 7) is -1.84. The number of fused-ring (bicyclic) bond motifs is 1. The highest BCUT2D eigenvalue weighted by atomic mass is 79.9. The van der Waals surface area contributed by atoms with E-state index in [0.29, 0.717) is 8.95 Å². The monoisotopic (exact) mass is 710 g/mol. The molecule has 0 saturated heterocycles. The van der Waals surface area contributed by atoms with Crippen molar-refractivity contribution >= 4 is 86.0 Å². The fourth-order valence-corrected chi connectivity index (χ4v) is 7.41. The van der Waals surface area contributed by atoms with Gasteiger partial charge in [0.25, 0.3) is 20.0 Å². The molecule has 0 atom stereocenters. The summed E-state index contributed by atoms with van der Waals surface area (Å²) in [6, 6.07) is 20.0. The second-order valence-corrected chi connectivity index (χ2v) is 13.9. The van der Waals surface area contributed by atoms with Crippen LogP contribution in [0.15, 0.2) is 104 Å². The molecule has 208 valence electrons. The molecule has 0 aliphatic carbocycles. The van der Waals surface area contributed by atoms with E-state index in [-0.39, 0.29) is 31.9 Å². The van der Waals surface area contributed by atoms with Crippen LogP contribution in [-0.2, 0) is 29.6 Å². The van der Waals surface area contributed by atoms with Gasteiger partial charge in [-0.1, -0.05) is 56.1 Å². The number of sulfonamides is 2. The number of halogens is 2. The van der Waals surface area contributed by atoms with Crippen LogP contribution in [0, 0.1) is 0 Å². The predicted molar refractivity (Wildman–Crippen MR) is 157 cm³/mol. The van der Waals surface area contributed by atoms with Gasteiger partial charge in [0.2, 0.25) is 0 Å². The van der Waals surface area contributed by atoms with Gasteiger partial charge in [0.05, 0.1) is 21.2 Å². The molecule has 0 radical (unpaired) electrons. The van der Waals surface area contributed by atoms with Crippen molar-refractivity contribution in [2.24, 2.45) is 0 Å². The predicted octanol–water partition coefficient (Wildman–Crippen LogP) is 4.92. The quantitative estimate of drug-likeness (QED) is 0.235. The Balaban J connectivity index is 1.95. The third-order valence-electron chi connectivity index (χ3n) is 5.78. The zero-order valence-electron chi connectivity index (χ0n) is 20.3. The lowest BCUT2D eigenvalue weighted by molar-refractivity contribution is -0.136. The molecule has 0 bridgehead atoms. The number of anilines is 2. The van der Waals surface area contributed by atoms with Crippen LogP contribution in [0.3, 0.4) is 0 Å². The van der Waals surface area contributed by atoms with E-state index in [2.05, 4.69) is 31.9 Å². The van der Waals surface area contributed by atoms with Crippen molar-refractivity contribution in [1.29, 1.82) is 0 Å². The first-order chi connectivity index (χ1) is 18.8. The van der Waals surface area contributed by atoms with Gasteiger partial charge in [-0.3, -0.25) is 18.2 Å².